The van der Waals surface area contributed by atoms with Gasteiger partial charge in [0.15, 0.2) is 0 Å². The highest BCUT2D eigenvalue weighted by Crippen LogP contribution is 2.71. The Kier molecular flexibility index (Phi) is 5.45. The Bertz CT molecular complexity index is 886. The van der Waals surface area contributed by atoms with Crippen molar-refractivity contribution in [1.82, 2.24) is 15.1 Å². The second-order valence-corrected chi connectivity index (χ2v) is 12.3. The molecule has 2 heterocycles. The molecule has 3 aliphatic carbocycles. The zero-order valence-corrected chi connectivity index (χ0v) is 20.9. The van der Waals surface area contributed by atoms with Gasteiger partial charge in [-0.3, -0.25) is 14.4 Å². The molecule has 0 aromatic carbocycles. The van der Waals surface area contributed by atoms with Crippen molar-refractivity contribution in [3.63, 3.8) is 0 Å². The number of hydrogen-bond donors (Lipinski definition) is 1. The van der Waals surface area contributed by atoms with Gasteiger partial charge >= 0.3 is 0 Å². The molecule has 0 spiro atoms. The highest BCUT2D eigenvalue weighted by molar-refractivity contribution is 5.89. The zero-order chi connectivity index (χ0) is 23.6. The van der Waals surface area contributed by atoms with Gasteiger partial charge in [0.2, 0.25) is 17.7 Å². The van der Waals surface area contributed by atoms with Crippen molar-refractivity contribution < 1.29 is 14.4 Å². The number of nitrogens with zero attached hydrogens (tertiary/aromatic N) is 2. The molecule has 0 bridgehead atoms. The van der Waals surface area contributed by atoms with Crippen molar-refractivity contribution in [3.05, 3.63) is 12.2 Å². The SMILES string of the molecule is CN1C(=O)C=C[C@]2(C)C3CC[C@]4(C)C(CCC(=O)N5CCNC(=O)C5)CCC4(C)C3CCC12. The van der Waals surface area contributed by atoms with E-state index in [1.54, 1.807) is 4.90 Å². The summed E-state index contributed by atoms with van der Waals surface area (Å²) in [4.78, 5) is 40.6. The molecule has 3 amide bonds. The van der Waals surface area contributed by atoms with Gasteiger partial charge in [0.05, 0.1) is 6.54 Å². The minimum absolute atomic E-state index is 0.0402. The molecule has 33 heavy (non-hydrogen) atoms. The van der Waals surface area contributed by atoms with Gasteiger partial charge in [-0.15, -0.1) is 0 Å². The van der Waals surface area contributed by atoms with E-state index in [4.69, 9.17) is 0 Å². The molecule has 0 aromatic heterocycles. The molecule has 6 nitrogen and oxygen atoms in total. The molecule has 1 saturated heterocycles. The highest BCUT2D eigenvalue weighted by Gasteiger charge is 2.65. The minimum Gasteiger partial charge on any atom is -0.353 e. The summed E-state index contributed by atoms with van der Waals surface area (Å²) in [5.41, 5.74) is 0.617. The van der Waals surface area contributed by atoms with Gasteiger partial charge in [0.1, 0.15) is 0 Å². The molecule has 5 aliphatic rings. The molecular formula is C27H41N3O3. The number of fused-ring (bicyclic) bond motifs is 5. The second-order valence-electron chi connectivity index (χ2n) is 12.3. The standard InChI is InChI=1S/C27H41N3O3/c1-25-12-11-23(32)29(4)21(25)7-6-20-19(25)10-14-26(2)18(9-13-27(20,26)3)5-8-24(33)30-16-15-28-22(31)17-30/h11-12,18-21H,5-10,13-17H2,1-4H3,(H,28,31)/t18?,19?,20?,21?,25-,26-,27?/m1/s1. The van der Waals surface area contributed by atoms with Crippen LogP contribution < -0.4 is 5.32 Å². The molecular weight excluding hydrogens is 414 g/mol. The van der Waals surface area contributed by atoms with Crippen LogP contribution in [0.1, 0.15) is 72.1 Å². The van der Waals surface area contributed by atoms with Crippen molar-refractivity contribution >= 4 is 17.7 Å². The van der Waals surface area contributed by atoms with Crippen molar-refractivity contribution in [2.75, 3.05) is 26.7 Å². The third kappa shape index (κ3) is 3.30. The van der Waals surface area contributed by atoms with E-state index in [0.29, 0.717) is 43.3 Å². The summed E-state index contributed by atoms with van der Waals surface area (Å²) in [6, 6.07) is 0.320. The molecule has 3 saturated carbocycles. The van der Waals surface area contributed by atoms with Crippen LogP contribution in [0.3, 0.4) is 0 Å². The molecule has 2 aliphatic heterocycles. The van der Waals surface area contributed by atoms with Gasteiger partial charge in [-0.2, -0.15) is 0 Å². The lowest BCUT2D eigenvalue weighted by atomic mass is 9.42. The lowest BCUT2D eigenvalue weighted by Crippen LogP contribution is -2.61. The van der Waals surface area contributed by atoms with Crippen LogP contribution in [-0.4, -0.2) is 60.2 Å². The van der Waals surface area contributed by atoms with Gasteiger partial charge in [-0.25, -0.2) is 0 Å². The van der Waals surface area contributed by atoms with Crippen LogP contribution in [0.15, 0.2) is 12.2 Å². The molecule has 4 fully saturated rings. The van der Waals surface area contributed by atoms with Gasteiger partial charge in [-0.05, 0) is 79.6 Å². The molecule has 1 N–H and O–H groups in total. The zero-order valence-electron chi connectivity index (χ0n) is 20.9. The van der Waals surface area contributed by atoms with E-state index in [-0.39, 0.29) is 40.5 Å². The van der Waals surface area contributed by atoms with Crippen molar-refractivity contribution in [2.24, 2.45) is 34.0 Å². The first-order valence-electron chi connectivity index (χ1n) is 13.1. The molecule has 6 heteroatoms. The average Bonchev–Trinajstić information content (AvgIpc) is 3.06. The summed E-state index contributed by atoms with van der Waals surface area (Å²) < 4.78 is 0. The monoisotopic (exact) mass is 455 g/mol. The Morgan fingerprint density at radius 2 is 1.82 bits per heavy atom. The maximum absolute atomic E-state index is 12.8. The summed E-state index contributed by atoms with van der Waals surface area (Å²) in [6.45, 7) is 8.89. The molecule has 5 rings (SSSR count). The third-order valence-electron chi connectivity index (χ3n) is 11.3. The molecule has 7 atom stereocenters. The predicted molar refractivity (Wildman–Crippen MR) is 127 cm³/mol. The van der Waals surface area contributed by atoms with Crippen molar-refractivity contribution in [2.45, 2.75) is 78.2 Å². The van der Waals surface area contributed by atoms with Crippen LogP contribution in [0.4, 0.5) is 0 Å². The van der Waals surface area contributed by atoms with E-state index in [2.05, 4.69) is 32.2 Å². The van der Waals surface area contributed by atoms with Crippen LogP contribution in [-0.2, 0) is 14.4 Å². The third-order valence-corrected chi connectivity index (χ3v) is 11.3. The topological polar surface area (TPSA) is 69.7 Å². The summed E-state index contributed by atoms with van der Waals surface area (Å²) >= 11 is 0. The average molecular weight is 456 g/mol. The molecule has 0 radical (unpaired) electrons. The fourth-order valence-corrected chi connectivity index (χ4v) is 9.04. The first-order valence-corrected chi connectivity index (χ1v) is 13.1. The maximum atomic E-state index is 12.8. The Hall–Kier alpha value is -1.85. The number of carbonyl (C=O) groups excluding carboxylic acids is 3. The van der Waals surface area contributed by atoms with Gasteiger partial charge in [0, 0.05) is 38.0 Å². The highest BCUT2D eigenvalue weighted by atomic mass is 16.2. The van der Waals surface area contributed by atoms with Gasteiger partial charge in [0.25, 0.3) is 0 Å². The van der Waals surface area contributed by atoms with E-state index in [1.165, 1.54) is 32.1 Å². The van der Waals surface area contributed by atoms with Crippen LogP contribution in [0.5, 0.6) is 0 Å². The molecule has 0 aromatic rings. The van der Waals surface area contributed by atoms with E-state index < -0.39 is 0 Å². The normalized spacial score (nSPS) is 44.7. The Labute approximate surface area is 198 Å². The van der Waals surface area contributed by atoms with Crippen LogP contribution in [0, 0.1) is 34.0 Å². The Balaban J connectivity index is 1.31. The number of rotatable bonds is 3. The summed E-state index contributed by atoms with van der Waals surface area (Å²) in [7, 11) is 1.98. The fraction of sp³-hybridized carbons (Fsp3) is 0.815. The maximum Gasteiger partial charge on any atom is 0.246 e. The minimum atomic E-state index is -0.0402. The number of carbonyl (C=O) groups is 3. The van der Waals surface area contributed by atoms with E-state index in [1.807, 2.05) is 18.0 Å². The lowest BCUT2D eigenvalue weighted by Gasteiger charge is -2.64. The van der Waals surface area contributed by atoms with E-state index in [0.717, 1.165) is 12.8 Å². The van der Waals surface area contributed by atoms with E-state index in [9.17, 15) is 14.4 Å². The Morgan fingerprint density at radius 1 is 1.06 bits per heavy atom. The first-order chi connectivity index (χ1) is 15.6. The van der Waals surface area contributed by atoms with Crippen molar-refractivity contribution in [1.29, 1.82) is 0 Å². The van der Waals surface area contributed by atoms with Gasteiger partial charge < -0.3 is 15.1 Å². The predicted octanol–water partition coefficient (Wildman–Crippen LogP) is 3.37. The number of likely N-dealkylation sites (N-methyl/N-ethyl adjacent to an activating group) is 1. The number of hydrogen-bond acceptors (Lipinski definition) is 3. The number of nitrogens with one attached hydrogen (secondary N) is 1. The molecule has 182 valence electrons. The summed E-state index contributed by atoms with van der Waals surface area (Å²) in [6.07, 6.45) is 12.8. The van der Waals surface area contributed by atoms with E-state index >= 15 is 0 Å². The van der Waals surface area contributed by atoms with Crippen molar-refractivity contribution in [3.8, 4) is 0 Å². The second kappa shape index (κ2) is 7.84. The Morgan fingerprint density at radius 3 is 2.58 bits per heavy atom. The fourth-order valence-electron chi connectivity index (χ4n) is 9.04. The van der Waals surface area contributed by atoms with Crippen LogP contribution in [0.2, 0.25) is 0 Å². The van der Waals surface area contributed by atoms with Gasteiger partial charge in [-0.1, -0.05) is 26.8 Å². The number of piperazine rings is 1. The smallest absolute Gasteiger partial charge is 0.246 e. The quantitative estimate of drug-likeness (QED) is 0.709. The largest absolute Gasteiger partial charge is 0.353 e. The molecule has 5 unspecified atom stereocenters. The van der Waals surface area contributed by atoms with Crippen LogP contribution in [0.25, 0.3) is 0 Å². The van der Waals surface area contributed by atoms with Crippen LogP contribution >= 0.6 is 0 Å². The number of amides is 3. The first kappa shape index (κ1) is 22.9. The summed E-state index contributed by atoms with van der Waals surface area (Å²) in [5.74, 6) is 2.12. The summed E-state index contributed by atoms with van der Waals surface area (Å²) in [5, 5.41) is 2.81. The lowest BCUT2D eigenvalue weighted by molar-refractivity contribution is -0.151.